The first-order valence-electron chi connectivity index (χ1n) is 5.55. The van der Waals surface area contributed by atoms with Gasteiger partial charge in [0.2, 0.25) is 5.88 Å². The Morgan fingerprint density at radius 3 is 2.65 bits per heavy atom. The van der Waals surface area contributed by atoms with E-state index in [9.17, 15) is 0 Å². The van der Waals surface area contributed by atoms with Gasteiger partial charge in [-0.3, -0.25) is 0 Å². The van der Waals surface area contributed by atoms with Gasteiger partial charge in [0, 0.05) is 0 Å². The third-order valence-corrected chi connectivity index (χ3v) is 2.45. The van der Waals surface area contributed by atoms with Crippen LogP contribution in [0.15, 0.2) is 28.9 Å². The molecule has 0 saturated carbocycles. The quantitative estimate of drug-likeness (QED) is 0.883. The predicted octanol–water partition coefficient (Wildman–Crippen LogP) is 3.02. The molecule has 1 aromatic carbocycles. The van der Waals surface area contributed by atoms with E-state index in [0.29, 0.717) is 5.88 Å². The van der Waals surface area contributed by atoms with E-state index in [1.54, 1.807) is 6.20 Å². The lowest BCUT2D eigenvalue weighted by Crippen LogP contribution is -2.06. The number of rotatable bonds is 3. The summed E-state index contributed by atoms with van der Waals surface area (Å²) in [4.78, 5) is 0. The van der Waals surface area contributed by atoms with E-state index in [2.05, 4.69) is 5.16 Å². The normalized spacial score (nSPS) is 10.8. The Kier molecular flexibility index (Phi) is 3.04. The van der Waals surface area contributed by atoms with E-state index in [4.69, 9.17) is 15.0 Å². The number of ether oxygens (including phenoxy) is 1. The molecule has 0 atom stereocenters. The Bertz CT molecular complexity index is 518. The number of nitrogens with two attached hydrogens (primary N) is 1. The maximum atomic E-state index is 5.68. The van der Waals surface area contributed by atoms with E-state index in [1.165, 1.54) is 0 Å². The fraction of sp³-hybridized carbons (Fsp3) is 0.308. The third-order valence-electron chi connectivity index (χ3n) is 2.45. The standard InChI is InChI=1S/C13H16N2O2/c1-8(2)16-12-5-4-10(6-9(12)3)11-7-15-17-13(11)14/h4-8H,14H2,1-3H3. The van der Waals surface area contributed by atoms with E-state index in [1.807, 2.05) is 39.0 Å². The molecule has 0 unspecified atom stereocenters. The number of anilines is 1. The summed E-state index contributed by atoms with van der Waals surface area (Å²) >= 11 is 0. The largest absolute Gasteiger partial charge is 0.491 e. The topological polar surface area (TPSA) is 61.3 Å². The van der Waals surface area contributed by atoms with Crippen molar-refractivity contribution in [3.05, 3.63) is 30.0 Å². The molecular formula is C13H16N2O2. The number of hydrogen-bond donors (Lipinski definition) is 1. The van der Waals surface area contributed by atoms with Crippen LogP contribution in [0.1, 0.15) is 19.4 Å². The van der Waals surface area contributed by atoms with Crippen LogP contribution in [0, 0.1) is 6.92 Å². The summed E-state index contributed by atoms with van der Waals surface area (Å²) in [6, 6.07) is 5.91. The number of nitrogen functional groups attached to an aromatic ring is 1. The van der Waals surface area contributed by atoms with Crippen molar-refractivity contribution >= 4 is 5.88 Å². The van der Waals surface area contributed by atoms with Crippen LogP contribution < -0.4 is 10.5 Å². The minimum Gasteiger partial charge on any atom is -0.491 e. The molecule has 2 rings (SSSR count). The molecule has 90 valence electrons. The van der Waals surface area contributed by atoms with E-state index in [-0.39, 0.29) is 6.10 Å². The lowest BCUT2D eigenvalue weighted by Gasteiger charge is -2.13. The minimum atomic E-state index is 0.167. The highest BCUT2D eigenvalue weighted by Gasteiger charge is 2.09. The zero-order valence-electron chi connectivity index (χ0n) is 10.2. The van der Waals surface area contributed by atoms with Crippen molar-refractivity contribution < 1.29 is 9.26 Å². The Balaban J connectivity index is 2.34. The average molecular weight is 232 g/mol. The highest BCUT2D eigenvalue weighted by Crippen LogP contribution is 2.29. The molecule has 2 aromatic rings. The van der Waals surface area contributed by atoms with Gasteiger partial charge in [0.25, 0.3) is 0 Å². The first kappa shape index (κ1) is 11.5. The van der Waals surface area contributed by atoms with Crippen LogP contribution in [0.5, 0.6) is 5.75 Å². The number of benzene rings is 1. The van der Waals surface area contributed by atoms with Crippen LogP contribution >= 0.6 is 0 Å². The molecule has 0 radical (unpaired) electrons. The van der Waals surface area contributed by atoms with Crippen LogP contribution in [-0.4, -0.2) is 11.3 Å². The molecule has 0 saturated heterocycles. The molecule has 4 heteroatoms. The number of hydrogen-bond acceptors (Lipinski definition) is 4. The summed E-state index contributed by atoms with van der Waals surface area (Å²) in [5.74, 6) is 1.22. The number of aromatic nitrogens is 1. The molecule has 0 aliphatic heterocycles. The van der Waals surface area contributed by atoms with Crippen LogP contribution in [0.3, 0.4) is 0 Å². The molecule has 0 bridgehead atoms. The highest BCUT2D eigenvalue weighted by atomic mass is 16.5. The average Bonchev–Trinajstić information content (AvgIpc) is 2.67. The smallest absolute Gasteiger partial charge is 0.229 e. The highest BCUT2D eigenvalue weighted by molar-refractivity contribution is 5.73. The second-order valence-corrected chi connectivity index (χ2v) is 4.25. The van der Waals surface area contributed by atoms with Gasteiger partial charge in [-0.25, -0.2) is 0 Å². The fourth-order valence-corrected chi connectivity index (χ4v) is 1.67. The molecule has 1 aromatic heterocycles. The molecule has 2 N–H and O–H groups in total. The van der Waals surface area contributed by atoms with Crippen molar-refractivity contribution in [2.75, 3.05) is 5.73 Å². The summed E-state index contributed by atoms with van der Waals surface area (Å²) in [7, 11) is 0. The van der Waals surface area contributed by atoms with Gasteiger partial charge in [0.05, 0.1) is 17.9 Å². The van der Waals surface area contributed by atoms with Gasteiger partial charge in [-0.2, -0.15) is 0 Å². The molecular weight excluding hydrogens is 216 g/mol. The second kappa shape index (κ2) is 4.49. The lowest BCUT2D eigenvalue weighted by molar-refractivity contribution is 0.241. The molecule has 0 aliphatic carbocycles. The van der Waals surface area contributed by atoms with E-state index >= 15 is 0 Å². The van der Waals surface area contributed by atoms with Gasteiger partial charge in [0.1, 0.15) is 5.75 Å². The number of aryl methyl sites for hydroxylation is 1. The third kappa shape index (κ3) is 2.41. The molecule has 0 amide bonds. The Labute approximate surface area is 100 Å². The predicted molar refractivity (Wildman–Crippen MR) is 66.9 cm³/mol. The zero-order chi connectivity index (χ0) is 12.4. The Morgan fingerprint density at radius 1 is 1.35 bits per heavy atom. The molecule has 0 spiro atoms. The Hall–Kier alpha value is -1.97. The van der Waals surface area contributed by atoms with Gasteiger partial charge >= 0.3 is 0 Å². The maximum absolute atomic E-state index is 5.68. The van der Waals surface area contributed by atoms with Gasteiger partial charge < -0.3 is 15.0 Å². The van der Waals surface area contributed by atoms with Crippen molar-refractivity contribution in [1.29, 1.82) is 0 Å². The van der Waals surface area contributed by atoms with E-state index in [0.717, 1.165) is 22.4 Å². The molecule has 0 fully saturated rings. The maximum Gasteiger partial charge on any atom is 0.229 e. The van der Waals surface area contributed by atoms with Crippen molar-refractivity contribution in [2.24, 2.45) is 0 Å². The van der Waals surface area contributed by atoms with Gasteiger partial charge in [-0.05, 0) is 44.0 Å². The molecule has 0 aliphatic rings. The van der Waals surface area contributed by atoms with Gasteiger partial charge in [-0.15, -0.1) is 0 Å². The fourth-order valence-electron chi connectivity index (χ4n) is 1.67. The van der Waals surface area contributed by atoms with Crippen molar-refractivity contribution in [3.8, 4) is 16.9 Å². The van der Waals surface area contributed by atoms with Crippen molar-refractivity contribution in [1.82, 2.24) is 5.16 Å². The first-order valence-corrected chi connectivity index (χ1v) is 5.55. The van der Waals surface area contributed by atoms with Crippen LogP contribution in [-0.2, 0) is 0 Å². The van der Waals surface area contributed by atoms with Crippen LogP contribution in [0.25, 0.3) is 11.1 Å². The monoisotopic (exact) mass is 232 g/mol. The summed E-state index contributed by atoms with van der Waals surface area (Å²) in [5.41, 5.74) is 8.54. The molecule has 1 heterocycles. The second-order valence-electron chi connectivity index (χ2n) is 4.25. The zero-order valence-corrected chi connectivity index (χ0v) is 10.2. The van der Waals surface area contributed by atoms with Gasteiger partial charge in [0.15, 0.2) is 0 Å². The first-order chi connectivity index (χ1) is 8.08. The minimum absolute atomic E-state index is 0.167. The molecule has 4 nitrogen and oxygen atoms in total. The van der Waals surface area contributed by atoms with Crippen LogP contribution in [0.4, 0.5) is 5.88 Å². The summed E-state index contributed by atoms with van der Waals surface area (Å²) < 4.78 is 10.5. The van der Waals surface area contributed by atoms with Crippen molar-refractivity contribution in [3.63, 3.8) is 0 Å². The van der Waals surface area contributed by atoms with E-state index < -0.39 is 0 Å². The SMILES string of the molecule is Cc1cc(-c2cnoc2N)ccc1OC(C)C. The number of nitrogens with zero attached hydrogens (tertiary/aromatic N) is 1. The lowest BCUT2D eigenvalue weighted by atomic mass is 10.1. The molecule has 17 heavy (non-hydrogen) atoms. The summed E-state index contributed by atoms with van der Waals surface area (Å²) in [6.07, 6.45) is 1.79. The summed E-state index contributed by atoms with van der Waals surface area (Å²) in [6.45, 7) is 6.02. The van der Waals surface area contributed by atoms with Gasteiger partial charge in [-0.1, -0.05) is 11.2 Å². The van der Waals surface area contributed by atoms with Crippen LogP contribution in [0.2, 0.25) is 0 Å². The Morgan fingerprint density at radius 2 is 2.12 bits per heavy atom. The van der Waals surface area contributed by atoms with Crippen molar-refractivity contribution in [2.45, 2.75) is 26.9 Å². The summed E-state index contributed by atoms with van der Waals surface area (Å²) in [5, 5.41) is 3.67.